The molecule has 4 aromatic rings. The lowest BCUT2D eigenvalue weighted by molar-refractivity contribution is 0.0734. The van der Waals surface area contributed by atoms with Gasteiger partial charge in [0.2, 0.25) is 0 Å². The molecule has 0 bridgehead atoms. The van der Waals surface area contributed by atoms with Crippen molar-refractivity contribution in [3.63, 3.8) is 0 Å². The Morgan fingerprint density at radius 2 is 1.32 bits per heavy atom. The molecule has 0 atom stereocenters. The van der Waals surface area contributed by atoms with Crippen molar-refractivity contribution in [2.75, 3.05) is 4.72 Å². The molecule has 0 fully saturated rings. The summed E-state index contributed by atoms with van der Waals surface area (Å²) in [4.78, 5) is 25.1. The highest BCUT2D eigenvalue weighted by atomic mass is 35.5. The largest absolute Gasteiger partial charge is 0.423 e. The zero-order valence-corrected chi connectivity index (χ0v) is 19.2. The molecule has 0 saturated heterocycles. The molecule has 0 aliphatic carbocycles. The number of rotatable bonds is 7. The normalized spacial score (nSPS) is 11.0. The zero-order valence-electron chi connectivity index (χ0n) is 17.6. The monoisotopic (exact) mass is 491 g/mol. The second kappa shape index (κ2) is 9.91. The molecule has 8 heteroatoms. The molecule has 0 heterocycles. The number of esters is 1. The Balaban J connectivity index is 1.56. The summed E-state index contributed by atoms with van der Waals surface area (Å²) in [5.74, 6) is -0.734. The molecule has 0 aliphatic rings. The molecule has 0 spiro atoms. The maximum atomic E-state index is 13.0. The molecule has 0 aliphatic heterocycles. The molecular weight excluding hydrogens is 474 g/mol. The third-order valence-corrected chi connectivity index (χ3v) is 6.48. The average molecular weight is 492 g/mol. The highest BCUT2D eigenvalue weighted by molar-refractivity contribution is 7.92. The van der Waals surface area contributed by atoms with Crippen molar-refractivity contribution in [2.24, 2.45) is 0 Å². The maximum Gasteiger partial charge on any atom is 0.343 e. The van der Waals surface area contributed by atoms with E-state index in [0.29, 0.717) is 16.1 Å². The summed E-state index contributed by atoms with van der Waals surface area (Å²) in [6.45, 7) is 0. The van der Waals surface area contributed by atoms with E-state index >= 15 is 0 Å². The van der Waals surface area contributed by atoms with E-state index in [1.807, 2.05) is 0 Å². The highest BCUT2D eigenvalue weighted by Crippen LogP contribution is 2.27. The van der Waals surface area contributed by atoms with Gasteiger partial charge in [0.25, 0.3) is 10.0 Å². The van der Waals surface area contributed by atoms with E-state index in [0.717, 1.165) is 0 Å². The highest BCUT2D eigenvalue weighted by Gasteiger charge is 2.20. The first kappa shape index (κ1) is 23.2. The van der Waals surface area contributed by atoms with E-state index in [4.69, 9.17) is 16.3 Å². The fourth-order valence-electron chi connectivity index (χ4n) is 3.17. The summed E-state index contributed by atoms with van der Waals surface area (Å²) >= 11 is 6.07. The van der Waals surface area contributed by atoms with Crippen molar-refractivity contribution in [1.29, 1.82) is 0 Å². The van der Waals surface area contributed by atoms with Crippen LogP contribution in [0.4, 0.5) is 5.69 Å². The number of carbonyl (C=O) groups is 2. The number of carbonyl (C=O) groups excluding carboxylic acids is 2. The van der Waals surface area contributed by atoms with Gasteiger partial charge >= 0.3 is 5.97 Å². The van der Waals surface area contributed by atoms with Gasteiger partial charge in [0, 0.05) is 16.1 Å². The van der Waals surface area contributed by atoms with Crippen LogP contribution in [-0.2, 0) is 10.0 Å². The van der Waals surface area contributed by atoms with Gasteiger partial charge < -0.3 is 4.74 Å². The summed E-state index contributed by atoms with van der Waals surface area (Å²) in [7, 11) is -4.05. The number of benzene rings is 4. The molecule has 34 heavy (non-hydrogen) atoms. The summed E-state index contributed by atoms with van der Waals surface area (Å²) < 4.78 is 33.7. The quantitative estimate of drug-likeness (QED) is 0.207. The van der Waals surface area contributed by atoms with Crippen molar-refractivity contribution in [1.82, 2.24) is 0 Å². The molecular formula is C26H18ClNO5S. The van der Waals surface area contributed by atoms with E-state index in [2.05, 4.69) is 4.72 Å². The van der Waals surface area contributed by atoms with Crippen LogP contribution >= 0.6 is 11.6 Å². The third kappa shape index (κ3) is 5.33. The number of halogens is 1. The number of hydrogen-bond donors (Lipinski definition) is 1. The summed E-state index contributed by atoms with van der Waals surface area (Å²) in [6.07, 6.45) is 0. The molecule has 6 nitrogen and oxygen atoms in total. The first-order valence-corrected chi connectivity index (χ1v) is 12.0. The number of sulfonamides is 1. The van der Waals surface area contributed by atoms with Crippen LogP contribution in [0.25, 0.3) is 0 Å². The van der Waals surface area contributed by atoms with Crippen LogP contribution in [0.1, 0.15) is 26.3 Å². The first-order valence-electron chi connectivity index (χ1n) is 10.1. The van der Waals surface area contributed by atoms with Gasteiger partial charge in [-0.1, -0.05) is 60.1 Å². The number of nitrogens with one attached hydrogen (secondary N) is 1. The Kier molecular flexibility index (Phi) is 6.77. The Bertz CT molecular complexity index is 1440. The molecule has 4 rings (SSSR count). The van der Waals surface area contributed by atoms with Crippen molar-refractivity contribution in [2.45, 2.75) is 4.90 Å². The summed E-state index contributed by atoms with van der Waals surface area (Å²) in [5, 5.41) is 0.298. The predicted octanol–water partition coefficient (Wildman–Crippen LogP) is 5.59. The number of anilines is 1. The minimum absolute atomic E-state index is 0.0694. The van der Waals surface area contributed by atoms with Crippen LogP contribution in [0, 0.1) is 0 Å². The van der Waals surface area contributed by atoms with Crippen LogP contribution in [0.5, 0.6) is 5.75 Å². The summed E-state index contributed by atoms with van der Waals surface area (Å²) in [5.41, 5.74) is 0.988. The van der Waals surface area contributed by atoms with Gasteiger partial charge in [0.05, 0.1) is 16.1 Å². The minimum Gasteiger partial charge on any atom is -0.423 e. The molecule has 170 valence electrons. The van der Waals surface area contributed by atoms with Crippen molar-refractivity contribution >= 4 is 39.1 Å². The predicted molar refractivity (Wildman–Crippen MR) is 130 cm³/mol. The molecule has 0 unspecified atom stereocenters. The number of ketones is 1. The Morgan fingerprint density at radius 1 is 0.735 bits per heavy atom. The SMILES string of the molecule is O=C(Oc1ccc(S(=O)(=O)Nc2ccc(Cl)cc2C(=O)c2ccccc2)cc1)c1ccccc1. The van der Waals surface area contributed by atoms with Gasteiger partial charge in [-0.2, -0.15) is 0 Å². The molecule has 0 saturated carbocycles. The van der Waals surface area contributed by atoms with Gasteiger partial charge in [-0.05, 0) is 54.6 Å². The molecule has 4 aromatic carbocycles. The fourth-order valence-corrected chi connectivity index (χ4v) is 4.42. The van der Waals surface area contributed by atoms with Crippen LogP contribution in [0.3, 0.4) is 0 Å². The van der Waals surface area contributed by atoms with E-state index in [-0.39, 0.29) is 27.7 Å². The second-order valence-electron chi connectivity index (χ2n) is 7.22. The lowest BCUT2D eigenvalue weighted by Crippen LogP contribution is -2.16. The van der Waals surface area contributed by atoms with Crippen LogP contribution < -0.4 is 9.46 Å². The lowest BCUT2D eigenvalue weighted by Gasteiger charge is -2.13. The van der Waals surface area contributed by atoms with E-state index in [1.165, 1.54) is 42.5 Å². The first-order chi connectivity index (χ1) is 16.3. The van der Waals surface area contributed by atoms with Crippen LogP contribution in [0.2, 0.25) is 5.02 Å². The Labute approximate surface area is 201 Å². The fraction of sp³-hybridized carbons (Fsp3) is 0. The summed E-state index contributed by atoms with van der Waals surface area (Å²) in [6, 6.07) is 26.7. The van der Waals surface area contributed by atoms with E-state index in [1.54, 1.807) is 60.7 Å². The minimum atomic E-state index is -4.05. The molecule has 0 aromatic heterocycles. The topological polar surface area (TPSA) is 89.5 Å². The van der Waals surface area contributed by atoms with E-state index < -0.39 is 16.0 Å². The Hall–Kier alpha value is -3.94. The number of hydrogen-bond acceptors (Lipinski definition) is 5. The van der Waals surface area contributed by atoms with Crippen LogP contribution in [0.15, 0.2) is 108 Å². The smallest absolute Gasteiger partial charge is 0.343 e. The average Bonchev–Trinajstić information content (AvgIpc) is 2.86. The van der Waals surface area contributed by atoms with E-state index in [9.17, 15) is 18.0 Å². The second-order valence-corrected chi connectivity index (χ2v) is 9.34. The standard InChI is InChI=1S/C26H18ClNO5S/c27-20-11-16-24(23(17-20)25(29)18-7-3-1-4-8-18)28-34(31,32)22-14-12-21(13-15-22)33-26(30)19-9-5-2-6-10-19/h1-17,28H. The van der Waals surface area contributed by atoms with Gasteiger partial charge in [-0.25, -0.2) is 13.2 Å². The van der Waals surface area contributed by atoms with Gasteiger partial charge in [0.1, 0.15) is 5.75 Å². The van der Waals surface area contributed by atoms with Gasteiger partial charge in [-0.3, -0.25) is 9.52 Å². The zero-order chi connectivity index (χ0) is 24.1. The number of ether oxygens (including phenoxy) is 1. The van der Waals surface area contributed by atoms with Crippen molar-refractivity contribution in [3.05, 3.63) is 125 Å². The lowest BCUT2D eigenvalue weighted by atomic mass is 10.0. The maximum absolute atomic E-state index is 13.0. The molecule has 0 amide bonds. The molecule has 0 radical (unpaired) electrons. The van der Waals surface area contributed by atoms with Crippen LogP contribution in [-0.4, -0.2) is 20.2 Å². The van der Waals surface area contributed by atoms with Gasteiger partial charge in [-0.15, -0.1) is 0 Å². The van der Waals surface area contributed by atoms with Crippen molar-refractivity contribution < 1.29 is 22.7 Å². The van der Waals surface area contributed by atoms with Crippen molar-refractivity contribution in [3.8, 4) is 5.75 Å². The molecule has 1 N–H and O–H groups in total. The third-order valence-electron chi connectivity index (χ3n) is 4.86. The Morgan fingerprint density at radius 3 is 1.94 bits per heavy atom. The van der Waals surface area contributed by atoms with Gasteiger partial charge in [0.15, 0.2) is 5.78 Å².